The van der Waals surface area contributed by atoms with E-state index in [0.29, 0.717) is 25.7 Å². The van der Waals surface area contributed by atoms with Crippen molar-refractivity contribution in [2.24, 2.45) is 17.8 Å². The van der Waals surface area contributed by atoms with Gasteiger partial charge in [0.25, 0.3) is 0 Å². The first kappa shape index (κ1) is 103. The van der Waals surface area contributed by atoms with Crippen LogP contribution in [0.3, 0.4) is 0 Å². The molecule has 0 aromatic rings. The summed E-state index contributed by atoms with van der Waals surface area (Å²) in [6.07, 6.45) is 67.0. The van der Waals surface area contributed by atoms with Crippen LogP contribution in [0.25, 0.3) is 0 Å². The maximum absolute atomic E-state index is 13.1. The monoisotopic (exact) mass is 1540 g/mol. The smallest absolute Gasteiger partial charge is 0.462 e. The molecule has 0 heterocycles. The summed E-state index contributed by atoms with van der Waals surface area (Å²) in [5, 5.41) is 10.7. The number of esters is 4. The number of ether oxygens (including phenoxy) is 4. The molecule has 0 spiro atoms. The van der Waals surface area contributed by atoms with Crippen LogP contribution in [0.5, 0.6) is 0 Å². The zero-order valence-electron chi connectivity index (χ0n) is 69.2. The van der Waals surface area contributed by atoms with Crippen LogP contribution in [0.1, 0.15) is 453 Å². The molecular formula is C86H168O17P2. The van der Waals surface area contributed by atoms with Crippen LogP contribution in [-0.4, -0.2) is 96.7 Å². The predicted octanol–water partition coefficient (Wildman–Crippen LogP) is 26.1. The molecular weight excluding hydrogens is 1370 g/mol. The van der Waals surface area contributed by atoms with Gasteiger partial charge in [-0.1, -0.05) is 402 Å². The van der Waals surface area contributed by atoms with Gasteiger partial charge in [-0.2, -0.15) is 0 Å². The molecule has 0 aromatic heterocycles. The van der Waals surface area contributed by atoms with Crippen LogP contribution in [-0.2, 0) is 65.4 Å². The lowest BCUT2D eigenvalue weighted by Crippen LogP contribution is -2.30. The van der Waals surface area contributed by atoms with Gasteiger partial charge in [0.05, 0.1) is 26.4 Å². The summed E-state index contributed by atoms with van der Waals surface area (Å²) in [7, 11) is -9.93. The van der Waals surface area contributed by atoms with Crippen molar-refractivity contribution in [1.29, 1.82) is 0 Å². The van der Waals surface area contributed by atoms with Gasteiger partial charge in [0.15, 0.2) is 12.2 Å². The van der Waals surface area contributed by atoms with Gasteiger partial charge in [-0.25, -0.2) is 9.13 Å². The highest BCUT2D eigenvalue weighted by Crippen LogP contribution is 2.45. The number of phosphoric acid groups is 2. The third kappa shape index (κ3) is 78.5. The van der Waals surface area contributed by atoms with Crippen LogP contribution in [0.4, 0.5) is 0 Å². The molecule has 6 atom stereocenters. The Morgan fingerprint density at radius 2 is 0.486 bits per heavy atom. The van der Waals surface area contributed by atoms with Crippen molar-refractivity contribution in [2.45, 2.75) is 471 Å². The third-order valence-electron chi connectivity index (χ3n) is 20.5. The Labute approximate surface area is 645 Å². The Morgan fingerprint density at radius 1 is 0.276 bits per heavy atom. The van der Waals surface area contributed by atoms with Crippen LogP contribution in [0.2, 0.25) is 0 Å². The molecule has 17 nitrogen and oxygen atoms in total. The quantitative estimate of drug-likeness (QED) is 0.0222. The highest BCUT2D eigenvalue weighted by Gasteiger charge is 2.30. The van der Waals surface area contributed by atoms with Gasteiger partial charge in [0, 0.05) is 25.7 Å². The molecule has 0 aliphatic heterocycles. The van der Waals surface area contributed by atoms with Crippen molar-refractivity contribution in [3.8, 4) is 0 Å². The molecule has 624 valence electrons. The summed E-state index contributed by atoms with van der Waals surface area (Å²) in [4.78, 5) is 73.1. The number of aliphatic hydroxyl groups is 1. The number of hydrogen-bond acceptors (Lipinski definition) is 15. The predicted molar refractivity (Wildman–Crippen MR) is 432 cm³/mol. The summed E-state index contributed by atoms with van der Waals surface area (Å²) >= 11 is 0. The second kappa shape index (κ2) is 76.1. The first-order valence-corrected chi connectivity index (χ1v) is 47.4. The topological polar surface area (TPSA) is 237 Å². The number of carbonyl (C=O) groups excluding carboxylic acids is 4. The molecule has 0 rings (SSSR count). The van der Waals surface area contributed by atoms with Crippen molar-refractivity contribution < 1.29 is 80.2 Å². The summed E-state index contributed by atoms with van der Waals surface area (Å²) < 4.78 is 68.8. The Morgan fingerprint density at radius 3 is 0.724 bits per heavy atom. The van der Waals surface area contributed by atoms with Crippen molar-refractivity contribution in [2.75, 3.05) is 39.6 Å². The molecule has 105 heavy (non-hydrogen) atoms. The van der Waals surface area contributed by atoms with E-state index in [1.54, 1.807) is 0 Å². The van der Waals surface area contributed by atoms with Crippen LogP contribution in [0, 0.1) is 17.8 Å². The van der Waals surface area contributed by atoms with E-state index >= 15 is 0 Å². The van der Waals surface area contributed by atoms with Crippen molar-refractivity contribution in [3.63, 3.8) is 0 Å². The van der Waals surface area contributed by atoms with Gasteiger partial charge >= 0.3 is 39.5 Å². The molecule has 0 aromatic carbocycles. The molecule has 0 aliphatic carbocycles. The second-order valence-corrected chi connectivity index (χ2v) is 35.0. The van der Waals surface area contributed by atoms with E-state index in [4.69, 9.17) is 37.0 Å². The molecule has 3 unspecified atom stereocenters. The number of aliphatic hydroxyl groups excluding tert-OH is 1. The minimum Gasteiger partial charge on any atom is -0.462 e. The lowest BCUT2D eigenvalue weighted by atomic mass is 10.00. The first-order chi connectivity index (χ1) is 50.8. The van der Waals surface area contributed by atoms with Crippen molar-refractivity contribution >= 4 is 39.5 Å². The van der Waals surface area contributed by atoms with Gasteiger partial charge in [0.2, 0.25) is 0 Å². The minimum absolute atomic E-state index is 0.105. The first-order valence-electron chi connectivity index (χ1n) is 44.4. The van der Waals surface area contributed by atoms with E-state index in [0.717, 1.165) is 114 Å². The molecule has 0 aliphatic rings. The fourth-order valence-electron chi connectivity index (χ4n) is 13.3. The van der Waals surface area contributed by atoms with Gasteiger partial charge in [0.1, 0.15) is 19.3 Å². The summed E-state index contributed by atoms with van der Waals surface area (Å²) in [5.74, 6) is 0.181. The zero-order chi connectivity index (χ0) is 77.2. The zero-order valence-corrected chi connectivity index (χ0v) is 71.0. The van der Waals surface area contributed by atoms with Crippen molar-refractivity contribution in [1.82, 2.24) is 0 Å². The SMILES string of the molecule is CCCCCCCCCCCCCCCCCCCCCCCCC(=O)O[C@H](COC(=O)CCCCCCCCCCCCCCCCCCCCC(C)C)COP(=O)(O)OC[C@@H](O)COP(=O)(O)OC[C@@H](COC(=O)CCCCCCCCC(C)CC)OC(=O)CCCCCCCCCCCC(C)C. The summed E-state index contributed by atoms with van der Waals surface area (Å²) in [5.41, 5.74) is 0. The van der Waals surface area contributed by atoms with E-state index in [-0.39, 0.29) is 25.7 Å². The van der Waals surface area contributed by atoms with Crippen LogP contribution in [0.15, 0.2) is 0 Å². The molecule has 0 fully saturated rings. The average Bonchev–Trinajstić information content (AvgIpc) is 0.912. The lowest BCUT2D eigenvalue weighted by Gasteiger charge is -2.21. The van der Waals surface area contributed by atoms with Gasteiger partial charge in [-0.15, -0.1) is 0 Å². The normalized spacial score (nSPS) is 14.1. The van der Waals surface area contributed by atoms with Crippen LogP contribution < -0.4 is 0 Å². The lowest BCUT2D eigenvalue weighted by molar-refractivity contribution is -0.161. The Hall–Kier alpha value is -1.94. The average molecular weight is 1540 g/mol. The highest BCUT2D eigenvalue weighted by molar-refractivity contribution is 7.47. The third-order valence-corrected chi connectivity index (χ3v) is 22.4. The van der Waals surface area contributed by atoms with Crippen molar-refractivity contribution in [3.05, 3.63) is 0 Å². The fraction of sp³-hybridized carbons (Fsp3) is 0.953. The van der Waals surface area contributed by atoms with E-state index in [2.05, 4.69) is 48.5 Å². The Balaban J connectivity index is 5.20. The largest absolute Gasteiger partial charge is 0.472 e. The molecule has 0 saturated carbocycles. The van der Waals surface area contributed by atoms with Crippen LogP contribution >= 0.6 is 15.6 Å². The Bertz CT molecular complexity index is 2030. The number of phosphoric ester groups is 2. The minimum atomic E-state index is -4.97. The van der Waals surface area contributed by atoms with Gasteiger partial charge in [-0.05, 0) is 43.4 Å². The number of hydrogen-bond donors (Lipinski definition) is 3. The van der Waals surface area contributed by atoms with E-state index in [1.807, 2.05) is 0 Å². The molecule has 3 N–H and O–H groups in total. The van der Waals surface area contributed by atoms with Gasteiger partial charge in [-0.3, -0.25) is 37.3 Å². The molecule has 0 saturated heterocycles. The maximum Gasteiger partial charge on any atom is 0.472 e. The van der Waals surface area contributed by atoms with E-state index in [1.165, 1.54) is 257 Å². The number of rotatable bonds is 84. The standard InChI is InChI=1S/C86H168O17P2/c1-8-10-11-12-13-14-15-16-17-18-19-20-21-22-27-30-33-36-41-46-55-62-69-85(90)102-81(73-96-83(88)67-60-53-45-40-35-32-29-26-24-23-25-28-31-34-38-43-50-57-64-77(3)4)75-100-104(92,93)98-71-80(87)72-99-105(94,95)101-76-82(74-97-84(89)68-61-54-49-48-52-59-66-79(7)9-2)103-86(91)70-63-56-47-42-37-39-44-51-58-65-78(5)6/h77-82,87H,8-76H2,1-7H3,(H,92,93)(H,94,95)/t79?,80-,81-,82-/m1/s1. The second-order valence-electron chi connectivity index (χ2n) is 32.1. The van der Waals surface area contributed by atoms with E-state index in [9.17, 15) is 43.2 Å². The van der Waals surface area contributed by atoms with E-state index < -0.39 is 97.5 Å². The molecule has 0 bridgehead atoms. The molecule has 0 amide bonds. The maximum atomic E-state index is 13.1. The van der Waals surface area contributed by atoms with Gasteiger partial charge < -0.3 is 33.8 Å². The number of unbranched alkanes of at least 4 members (excludes halogenated alkanes) is 51. The Kier molecular flexibility index (Phi) is 74.7. The molecule has 0 radical (unpaired) electrons. The fourth-order valence-corrected chi connectivity index (χ4v) is 14.9. The number of carbonyl (C=O) groups is 4. The highest BCUT2D eigenvalue weighted by atomic mass is 31.2. The summed E-state index contributed by atoms with van der Waals surface area (Å²) in [6, 6.07) is 0. The molecule has 19 heteroatoms. The summed E-state index contributed by atoms with van der Waals surface area (Å²) in [6.45, 7) is 11.9.